The second kappa shape index (κ2) is 4.49. The lowest BCUT2D eigenvalue weighted by Crippen LogP contribution is -2.12. The van der Waals surface area contributed by atoms with Gasteiger partial charge in [-0.1, -0.05) is 0 Å². The van der Waals surface area contributed by atoms with Crippen molar-refractivity contribution in [2.45, 2.75) is 6.42 Å². The first-order chi connectivity index (χ1) is 7.25. The largest absolute Gasteiger partial charge is 0.491 e. The molecule has 0 aromatic heterocycles. The lowest BCUT2D eigenvalue weighted by atomic mass is 10.1. The number of rotatable bonds is 3. The number of halogens is 1. The molecular formula is C11H14FNO2. The molecule has 1 aromatic rings. The molecule has 0 amide bonds. The molecule has 15 heavy (non-hydrogen) atoms. The van der Waals surface area contributed by atoms with Crippen molar-refractivity contribution in [3.05, 3.63) is 24.0 Å². The third-order valence-corrected chi connectivity index (χ3v) is 2.47. The molecular weight excluding hydrogens is 197 g/mol. The maximum absolute atomic E-state index is 12.7. The van der Waals surface area contributed by atoms with E-state index >= 15 is 0 Å². The van der Waals surface area contributed by atoms with Crippen LogP contribution in [0.1, 0.15) is 6.42 Å². The fourth-order valence-electron chi connectivity index (χ4n) is 1.57. The van der Waals surface area contributed by atoms with Gasteiger partial charge in [0.25, 0.3) is 0 Å². The average molecular weight is 211 g/mol. The van der Waals surface area contributed by atoms with E-state index in [4.69, 9.17) is 15.2 Å². The van der Waals surface area contributed by atoms with Gasteiger partial charge in [0.15, 0.2) is 0 Å². The Kier molecular flexibility index (Phi) is 3.06. The zero-order valence-electron chi connectivity index (χ0n) is 8.41. The predicted octanol–water partition coefficient (Wildman–Crippen LogP) is 1.82. The van der Waals surface area contributed by atoms with Crippen LogP contribution >= 0.6 is 0 Å². The number of nitrogens with two attached hydrogens (primary N) is 1. The number of hydrogen-bond acceptors (Lipinski definition) is 3. The van der Waals surface area contributed by atoms with Crippen molar-refractivity contribution in [1.82, 2.24) is 0 Å². The molecule has 1 saturated heterocycles. The summed E-state index contributed by atoms with van der Waals surface area (Å²) < 4.78 is 23.5. The van der Waals surface area contributed by atoms with Gasteiger partial charge >= 0.3 is 0 Å². The lowest BCUT2D eigenvalue weighted by Gasteiger charge is -2.11. The van der Waals surface area contributed by atoms with E-state index in [1.165, 1.54) is 12.1 Å². The zero-order valence-corrected chi connectivity index (χ0v) is 8.41. The minimum atomic E-state index is -0.343. The van der Waals surface area contributed by atoms with Crippen molar-refractivity contribution >= 4 is 5.69 Å². The van der Waals surface area contributed by atoms with Crippen LogP contribution < -0.4 is 10.5 Å². The molecule has 0 bridgehead atoms. The molecule has 3 nitrogen and oxygen atoms in total. The third-order valence-electron chi connectivity index (χ3n) is 2.47. The van der Waals surface area contributed by atoms with Crippen molar-refractivity contribution in [3.8, 4) is 5.75 Å². The number of anilines is 1. The second-order valence-electron chi connectivity index (χ2n) is 3.72. The van der Waals surface area contributed by atoms with Gasteiger partial charge in [-0.05, 0) is 18.6 Å². The molecule has 0 radical (unpaired) electrons. The molecule has 0 aliphatic carbocycles. The van der Waals surface area contributed by atoms with Gasteiger partial charge in [0, 0.05) is 18.6 Å². The Morgan fingerprint density at radius 3 is 3.07 bits per heavy atom. The van der Waals surface area contributed by atoms with Gasteiger partial charge in [0.1, 0.15) is 11.6 Å². The molecule has 0 spiro atoms. The molecule has 2 N–H and O–H groups in total. The molecule has 0 saturated carbocycles. The second-order valence-corrected chi connectivity index (χ2v) is 3.72. The van der Waals surface area contributed by atoms with Crippen LogP contribution in [0.4, 0.5) is 10.1 Å². The van der Waals surface area contributed by atoms with Crippen LogP contribution in [0.2, 0.25) is 0 Å². The number of ether oxygens (including phenoxy) is 2. The van der Waals surface area contributed by atoms with Gasteiger partial charge in [-0.2, -0.15) is 0 Å². The van der Waals surface area contributed by atoms with Crippen LogP contribution in [-0.4, -0.2) is 19.8 Å². The SMILES string of the molecule is Nc1cc(F)ccc1OCC1CCOC1. The minimum absolute atomic E-state index is 0.342. The quantitative estimate of drug-likeness (QED) is 0.776. The topological polar surface area (TPSA) is 44.5 Å². The highest BCUT2D eigenvalue weighted by atomic mass is 19.1. The summed E-state index contributed by atoms with van der Waals surface area (Å²) in [6.45, 7) is 2.11. The van der Waals surface area contributed by atoms with Crippen LogP contribution in [0.25, 0.3) is 0 Å². The highest BCUT2D eigenvalue weighted by Gasteiger charge is 2.16. The maximum atomic E-state index is 12.7. The van der Waals surface area contributed by atoms with Gasteiger partial charge in [0.05, 0.1) is 18.9 Å². The van der Waals surface area contributed by atoms with Crippen molar-refractivity contribution in [1.29, 1.82) is 0 Å². The molecule has 2 rings (SSSR count). The Labute approximate surface area is 88.0 Å². The van der Waals surface area contributed by atoms with E-state index in [1.807, 2.05) is 0 Å². The highest BCUT2D eigenvalue weighted by Crippen LogP contribution is 2.23. The van der Waals surface area contributed by atoms with Crippen molar-refractivity contribution in [3.63, 3.8) is 0 Å². The Bertz CT molecular complexity index is 337. The first-order valence-electron chi connectivity index (χ1n) is 5.01. The summed E-state index contributed by atoms with van der Waals surface area (Å²) in [5.41, 5.74) is 5.95. The summed E-state index contributed by atoms with van der Waals surface area (Å²) in [6, 6.07) is 4.16. The van der Waals surface area contributed by atoms with E-state index < -0.39 is 0 Å². The molecule has 4 heteroatoms. The third kappa shape index (κ3) is 2.59. The lowest BCUT2D eigenvalue weighted by molar-refractivity contribution is 0.167. The van der Waals surface area contributed by atoms with Crippen LogP contribution in [0.3, 0.4) is 0 Å². The van der Waals surface area contributed by atoms with E-state index in [2.05, 4.69) is 0 Å². The summed E-state index contributed by atoms with van der Waals surface area (Å²) >= 11 is 0. The van der Waals surface area contributed by atoms with Gasteiger partial charge in [-0.3, -0.25) is 0 Å². The molecule has 1 aliphatic heterocycles. The molecule has 1 unspecified atom stereocenters. The average Bonchev–Trinajstić information content (AvgIpc) is 2.69. The van der Waals surface area contributed by atoms with Gasteiger partial charge in [-0.25, -0.2) is 4.39 Å². The smallest absolute Gasteiger partial charge is 0.142 e. The van der Waals surface area contributed by atoms with E-state index in [1.54, 1.807) is 6.07 Å². The van der Waals surface area contributed by atoms with Crippen LogP contribution in [0.15, 0.2) is 18.2 Å². The summed E-state index contributed by atoms with van der Waals surface area (Å²) in [4.78, 5) is 0. The minimum Gasteiger partial charge on any atom is -0.491 e. The molecule has 1 heterocycles. The normalized spacial score (nSPS) is 20.5. The summed E-state index contributed by atoms with van der Waals surface area (Å²) in [5.74, 6) is 0.627. The molecule has 1 fully saturated rings. The van der Waals surface area contributed by atoms with Crippen molar-refractivity contribution in [2.75, 3.05) is 25.6 Å². The van der Waals surface area contributed by atoms with E-state index in [0.717, 1.165) is 19.6 Å². The predicted molar refractivity (Wildman–Crippen MR) is 55.2 cm³/mol. The van der Waals surface area contributed by atoms with Gasteiger partial charge < -0.3 is 15.2 Å². The van der Waals surface area contributed by atoms with E-state index in [9.17, 15) is 4.39 Å². The fraction of sp³-hybridized carbons (Fsp3) is 0.455. The first-order valence-corrected chi connectivity index (χ1v) is 5.01. The molecule has 1 aromatic carbocycles. The van der Waals surface area contributed by atoms with Crippen molar-refractivity contribution < 1.29 is 13.9 Å². The monoisotopic (exact) mass is 211 g/mol. The number of benzene rings is 1. The highest BCUT2D eigenvalue weighted by molar-refractivity contribution is 5.52. The van der Waals surface area contributed by atoms with Crippen molar-refractivity contribution in [2.24, 2.45) is 5.92 Å². The molecule has 1 atom stereocenters. The Morgan fingerprint density at radius 2 is 2.40 bits per heavy atom. The Hall–Kier alpha value is -1.29. The Morgan fingerprint density at radius 1 is 1.53 bits per heavy atom. The van der Waals surface area contributed by atoms with Gasteiger partial charge in [0.2, 0.25) is 0 Å². The first kappa shape index (κ1) is 10.2. The number of hydrogen-bond donors (Lipinski definition) is 1. The summed E-state index contributed by atoms with van der Waals surface area (Å²) in [6.07, 6.45) is 1.01. The summed E-state index contributed by atoms with van der Waals surface area (Å²) in [5, 5.41) is 0. The number of nitrogen functional groups attached to an aromatic ring is 1. The van der Waals surface area contributed by atoms with E-state index in [-0.39, 0.29) is 5.82 Å². The zero-order chi connectivity index (χ0) is 10.7. The van der Waals surface area contributed by atoms with Crippen LogP contribution in [0.5, 0.6) is 5.75 Å². The molecule has 82 valence electrons. The van der Waals surface area contributed by atoms with Gasteiger partial charge in [-0.15, -0.1) is 0 Å². The van der Waals surface area contributed by atoms with Crippen LogP contribution in [-0.2, 0) is 4.74 Å². The standard InChI is InChI=1S/C11H14FNO2/c12-9-1-2-11(10(13)5-9)15-7-8-3-4-14-6-8/h1-2,5,8H,3-4,6-7,13H2. The molecule has 1 aliphatic rings. The maximum Gasteiger partial charge on any atom is 0.142 e. The van der Waals surface area contributed by atoms with E-state index in [0.29, 0.717) is 24.0 Å². The summed E-state index contributed by atoms with van der Waals surface area (Å²) in [7, 11) is 0. The fourth-order valence-corrected chi connectivity index (χ4v) is 1.57. The Balaban J connectivity index is 1.92. The van der Waals surface area contributed by atoms with Crippen LogP contribution in [0, 0.1) is 11.7 Å².